The number of nitrogens with zero attached hydrogens (tertiary/aromatic N) is 2. The minimum Gasteiger partial charge on any atom is -0.445 e. The molecular weight excluding hydrogens is 244 g/mol. The fourth-order valence-corrected chi connectivity index (χ4v) is 1.22. The molecule has 0 radical (unpaired) electrons. The van der Waals surface area contributed by atoms with Gasteiger partial charge >= 0.3 is 6.09 Å². The molecule has 1 aromatic rings. The number of likely N-dealkylation sites (N-methyl/N-ethyl adjacent to an activating group) is 2. The van der Waals surface area contributed by atoms with E-state index in [9.17, 15) is 4.79 Å². The van der Waals surface area contributed by atoms with Crippen LogP contribution in [0.1, 0.15) is 19.4 Å². The molecule has 1 rings (SSSR count). The molecule has 0 aliphatic carbocycles. The Balaban J connectivity index is 0.00000154. The Hall–Kier alpha value is -1.59. The lowest BCUT2D eigenvalue weighted by molar-refractivity contribution is -0.0677. The number of hydrogen-bond donors (Lipinski definition) is 1. The highest BCUT2D eigenvalue weighted by Crippen LogP contribution is 2.02. The predicted octanol–water partition coefficient (Wildman–Crippen LogP) is 2.60. The lowest BCUT2D eigenvalue weighted by Gasteiger charge is -2.18. The lowest BCUT2D eigenvalue weighted by Crippen LogP contribution is -2.34. The first kappa shape index (κ1) is 17.4. The second-order valence-corrected chi connectivity index (χ2v) is 3.84. The molecule has 1 amide bonds. The van der Waals surface area contributed by atoms with Gasteiger partial charge in [-0.3, -0.25) is 0 Å². The van der Waals surface area contributed by atoms with E-state index >= 15 is 0 Å². The Morgan fingerprint density at radius 3 is 2.26 bits per heavy atom. The van der Waals surface area contributed by atoms with Crippen molar-refractivity contribution >= 4 is 6.09 Å². The van der Waals surface area contributed by atoms with Crippen LogP contribution in [0.3, 0.4) is 0 Å². The fourth-order valence-electron chi connectivity index (χ4n) is 1.22. The zero-order valence-electron chi connectivity index (χ0n) is 12.2. The van der Waals surface area contributed by atoms with Crippen molar-refractivity contribution in [2.45, 2.75) is 20.5 Å². The van der Waals surface area contributed by atoms with Crippen LogP contribution in [0.5, 0.6) is 0 Å². The van der Waals surface area contributed by atoms with E-state index in [0.29, 0.717) is 13.1 Å². The maximum Gasteiger partial charge on any atom is 0.409 e. The van der Waals surface area contributed by atoms with E-state index in [-0.39, 0.29) is 6.61 Å². The first-order chi connectivity index (χ1) is 9.09. The molecule has 108 valence electrons. The van der Waals surface area contributed by atoms with Gasteiger partial charge < -0.3 is 14.8 Å². The Morgan fingerprint density at radius 2 is 1.74 bits per heavy atom. The molecule has 5 heteroatoms. The van der Waals surface area contributed by atoms with Crippen molar-refractivity contribution in [1.82, 2.24) is 9.96 Å². The highest BCUT2D eigenvalue weighted by atomic mass is 16.6. The Bertz CT molecular complexity index is 342. The SMILES string of the molecule is CC.CN(O)CCN(C)C(=O)OCc1ccccc1. The smallest absolute Gasteiger partial charge is 0.409 e. The van der Waals surface area contributed by atoms with Gasteiger partial charge in [0.05, 0.1) is 0 Å². The zero-order chi connectivity index (χ0) is 14.7. The quantitative estimate of drug-likeness (QED) is 0.834. The number of carbonyl (C=O) groups is 1. The molecule has 0 aliphatic rings. The van der Waals surface area contributed by atoms with Crippen LogP contribution in [0.25, 0.3) is 0 Å². The average Bonchev–Trinajstić information content (AvgIpc) is 2.45. The van der Waals surface area contributed by atoms with Crippen LogP contribution >= 0.6 is 0 Å². The van der Waals surface area contributed by atoms with Crippen molar-refractivity contribution in [2.75, 3.05) is 27.2 Å². The predicted molar refractivity (Wildman–Crippen MR) is 75.0 cm³/mol. The molecule has 0 atom stereocenters. The van der Waals surface area contributed by atoms with Crippen LogP contribution in [-0.2, 0) is 11.3 Å². The Labute approximate surface area is 115 Å². The minimum absolute atomic E-state index is 0.263. The summed E-state index contributed by atoms with van der Waals surface area (Å²) in [7, 11) is 3.17. The standard InChI is InChI=1S/C12H18N2O3.C2H6/c1-13(8-9-14(2)16)12(15)17-10-11-6-4-3-5-7-11;1-2/h3-7,16H,8-10H2,1-2H3;1-2H3. The number of rotatable bonds is 5. The van der Waals surface area contributed by atoms with E-state index in [1.54, 1.807) is 7.05 Å². The summed E-state index contributed by atoms with van der Waals surface area (Å²) in [6.45, 7) is 5.07. The summed E-state index contributed by atoms with van der Waals surface area (Å²) in [6.07, 6.45) is -0.393. The van der Waals surface area contributed by atoms with Crippen LogP contribution < -0.4 is 0 Å². The molecule has 0 aliphatic heterocycles. The molecule has 1 N–H and O–H groups in total. The van der Waals surface area contributed by atoms with Crippen molar-refractivity contribution in [2.24, 2.45) is 0 Å². The van der Waals surface area contributed by atoms with Crippen LogP contribution in [0.4, 0.5) is 4.79 Å². The van der Waals surface area contributed by atoms with Gasteiger partial charge in [0.1, 0.15) is 6.61 Å². The second kappa shape index (κ2) is 10.3. The fraction of sp³-hybridized carbons (Fsp3) is 0.500. The van der Waals surface area contributed by atoms with Crippen LogP contribution in [0.15, 0.2) is 30.3 Å². The van der Waals surface area contributed by atoms with Crippen molar-refractivity contribution < 1.29 is 14.7 Å². The molecular formula is C14H24N2O3. The molecule has 0 unspecified atom stereocenters. The number of benzene rings is 1. The number of ether oxygens (including phenoxy) is 1. The molecule has 0 saturated heterocycles. The van der Waals surface area contributed by atoms with Crippen molar-refractivity contribution in [3.8, 4) is 0 Å². The summed E-state index contributed by atoms with van der Waals surface area (Å²) >= 11 is 0. The largest absolute Gasteiger partial charge is 0.445 e. The maximum atomic E-state index is 11.5. The number of hydrogen-bond acceptors (Lipinski definition) is 4. The van der Waals surface area contributed by atoms with Gasteiger partial charge in [-0.25, -0.2) is 4.79 Å². The lowest BCUT2D eigenvalue weighted by atomic mass is 10.2. The van der Waals surface area contributed by atoms with Gasteiger partial charge in [-0.1, -0.05) is 44.2 Å². The van der Waals surface area contributed by atoms with E-state index in [4.69, 9.17) is 9.94 Å². The molecule has 1 aromatic carbocycles. The van der Waals surface area contributed by atoms with E-state index in [1.165, 1.54) is 11.9 Å². The first-order valence-electron chi connectivity index (χ1n) is 6.41. The molecule has 0 saturated carbocycles. The molecule has 0 fully saturated rings. The molecule has 0 bridgehead atoms. The van der Waals surface area contributed by atoms with Crippen LogP contribution in [0, 0.1) is 0 Å². The van der Waals surface area contributed by atoms with Gasteiger partial charge in [0, 0.05) is 27.2 Å². The first-order valence-corrected chi connectivity index (χ1v) is 6.41. The second-order valence-electron chi connectivity index (χ2n) is 3.84. The van der Waals surface area contributed by atoms with Gasteiger partial charge in [-0.15, -0.1) is 0 Å². The summed E-state index contributed by atoms with van der Waals surface area (Å²) in [5.74, 6) is 0. The molecule has 5 nitrogen and oxygen atoms in total. The summed E-state index contributed by atoms with van der Waals surface area (Å²) in [4.78, 5) is 13.0. The third-order valence-corrected chi connectivity index (χ3v) is 2.28. The molecule has 0 heterocycles. The highest BCUT2D eigenvalue weighted by molar-refractivity contribution is 5.67. The highest BCUT2D eigenvalue weighted by Gasteiger charge is 2.10. The Kier molecular flexibility index (Phi) is 9.48. The van der Waals surface area contributed by atoms with Gasteiger partial charge in [0.15, 0.2) is 0 Å². The van der Waals surface area contributed by atoms with Gasteiger partial charge in [0.25, 0.3) is 0 Å². The Morgan fingerprint density at radius 1 is 1.16 bits per heavy atom. The monoisotopic (exact) mass is 268 g/mol. The third-order valence-electron chi connectivity index (χ3n) is 2.28. The summed E-state index contributed by atoms with van der Waals surface area (Å²) in [5, 5.41) is 9.97. The third kappa shape index (κ3) is 8.18. The number of amides is 1. The summed E-state index contributed by atoms with van der Waals surface area (Å²) in [6, 6.07) is 9.50. The van der Waals surface area contributed by atoms with Crippen molar-refractivity contribution in [3.63, 3.8) is 0 Å². The van der Waals surface area contributed by atoms with Crippen LogP contribution in [-0.4, -0.2) is 48.4 Å². The van der Waals surface area contributed by atoms with E-state index < -0.39 is 6.09 Å². The normalized spacial score (nSPS) is 9.58. The van der Waals surface area contributed by atoms with Gasteiger partial charge in [-0.05, 0) is 5.56 Å². The van der Waals surface area contributed by atoms with Crippen molar-refractivity contribution in [3.05, 3.63) is 35.9 Å². The maximum absolute atomic E-state index is 11.5. The zero-order valence-corrected chi connectivity index (χ0v) is 12.2. The van der Waals surface area contributed by atoms with Crippen molar-refractivity contribution in [1.29, 1.82) is 0 Å². The van der Waals surface area contributed by atoms with Gasteiger partial charge in [0.2, 0.25) is 0 Å². The molecule has 0 spiro atoms. The average molecular weight is 268 g/mol. The van der Waals surface area contributed by atoms with Crippen LogP contribution in [0.2, 0.25) is 0 Å². The molecule has 19 heavy (non-hydrogen) atoms. The van der Waals surface area contributed by atoms with Gasteiger partial charge in [-0.2, -0.15) is 5.06 Å². The minimum atomic E-state index is -0.393. The number of hydroxylamine groups is 2. The number of carbonyl (C=O) groups excluding carboxylic acids is 1. The van der Waals surface area contributed by atoms with E-state index in [1.807, 2.05) is 44.2 Å². The molecule has 0 aromatic heterocycles. The van der Waals surface area contributed by atoms with E-state index in [0.717, 1.165) is 10.6 Å². The summed E-state index contributed by atoms with van der Waals surface area (Å²) in [5.41, 5.74) is 0.952. The topological polar surface area (TPSA) is 53.0 Å². The van der Waals surface area contributed by atoms with E-state index in [2.05, 4.69) is 0 Å². The summed E-state index contributed by atoms with van der Waals surface area (Å²) < 4.78 is 5.11.